The topological polar surface area (TPSA) is 55.5 Å². The summed E-state index contributed by atoms with van der Waals surface area (Å²) in [6.45, 7) is 2.84. The second-order valence-electron chi connectivity index (χ2n) is 2.88. The number of nitro benzene ring substituents is 1. The van der Waals surface area contributed by atoms with Crippen molar-refractivity contribution in [3.05, 3.63) is 39.9 Å². The zero-order valence-corrected chi connectivity index (χ0v) is 9.24. The van der Waals surface area contributed by atoms with Crippen LogP contribution < -0.4 is 0 Å². The van der Waals surface area contributed by atoms with E-state index in [4.69, 9.17) is 0 Å². The van der Waals surface area contributed by atoms with E-state index in [1.54, 1.807) is 18.3 Å². The highest BCUT2D eigenvalue weighted by Crippen LogP contribution is 2.10. The molecule has 82 valence electrons. The van der Waals surface area contributed by atoms with Crippen LogP contribution >= 0.6 is 12.4 Å². The molecule has 0 aliphatic carbocycles. The molecule has 0 atom stereocenters. The molecule has 0 amide bonds. The van der Waals surface area contributed by atoms with E-state index in [-0.39, 0.29) is 18.1 Å². The van der Waals surface area contributed by atoms with Gasteiger partial charge in [-0.1, -0.05) is 6.92 Å². The lowest BCUT2D eigenvalue weighted by molar-refractivity contribution is -0.384. The molecular formula is C10H13ClN2O2. The second-order valence-corrected chi connectivity index (χ2v) is 2.88. The number of rotatable bonds is 4. The van der Waals surface area contributed by atoms with Crippen molar-refractivity contribution >= 4 is 24.3 Å². The first-order chi connectivity index (χ1) is 6.74. The number of halogens is 1. The average Bonchev–Trinajstić information content (AvgIpc) is 2.19. The highest BCUT2D eigenvalue weighted by molar-refractivity contribution is 5.85. The molecule has 4 nitrogen and oxygen atoms in total. The summed E-state index contributed by atoms with van der Waals surface area (Å²) < 4.78 is 0. The minimum absolute atomic E-state index is 0. The third-order valence-corrected chi connectivity index (χ3v) is 1.70. The summed E-state index contributed by atoms with van der Waals surface area (Å²) >= 11 is 0. The maximum atomic E-state index is 10.3. The summed E-state index contributed by atoms with van der Waals surface area (Å²) in [5.41, 5.74) is 1.00. The van der Waals surface area contributed by atoms with Gasteiger partial charge in [-0.05, 0) is 24.1 Å². The van der Waals surface area contributed by atoms with Crippen LogP contribution in [0.15, 0.2) is 29.3 Å². The maximum absolute atomic E-state index is 10.3. The van der Waals surface area contributed by atoms with Crippen LogP contribution in [0.2, 0.25) is 0 Å². The van der Waals surface area contributed by atoms with Gasteiger partial charge in [0.1, 0.15) is 0 Å². The van der Waals surface area contributed by atoms with Crippen LogP contribution in [-0.2, 0) is 0 Å². The van der Waals surface area contributed by atoms with Crippen LogP contribution in [0, 0.1) is 10.1 Å². The number of hydrogen-bond donors (Lipinski definition) is 0. The standard InChI is InChI=1S/C10H12N2O2.ClH/c1-2-7-11-8-9-3-5-10(6-4-9)12(13)14;/h3-6,8H,2,7H2,1H3;1H. The molecule has 0 spiro atoms. The summed E-state index contributed by atoms with van der Waals surface area (Å²) in [6, 6.07) is 6.34. The van der Waals surface area contributed by atoms with Crippen LogP contribution in [-0.4, -0.2) is 17.7 Å². The molecule has 1 aromatic rings. The van der Waals surface area contributed by atoms with Gasteiger partial charge in [0.15, 0.2) is 0 Å². The Morgan fingerprint density at radius 2 is 2.00 bits per heavy atom. The van der Waals surface area contributed by atoms with Crippen molar-refractivity contribution < 1.29 is 4.92 Å². The Hall–Kier alpha value is -1.42. The third-order valence-electron chi connectivity index (χ3n) is 1.70. The van der Waals surface area contributed by atoms with Gasteiger partial charge in [-0.25, -0.2) is 0 Å². The summed E-state index contributed by atoms with van der Waals surface area (Å²) in [5.74, 6) is 0. The Morgan fingerprint density at radius 3 is 2.47 bits per heavy atom. The quantitative estimate of drug-likeness (QED) is 0.452. The van der Waals surface area contributed by atoms with Gasteiger partial charge in [0, 0.05) is 24.9 Å². The van der Waals surface area contributed by atoms with Crippen molar-refractivity contribution in [1.82, 2.24) is 0 Å². The van der Waals surface area contributed by atoms with Crippen LogP contribution in [0.1, 0.15) is 18.9 Å². The molecular weight excluding hydrogens is 216 g/mol. The highest BCUT2D eigenvalue weighted by Gasteiger charge is 2.01. The lowest BCUT2D eigenvalue weighted by Gasteiger charge is -1.92. The van der Waals surface area contributed by atoms with E-state index in [0.717, 1.165) is 18.5 Å². The molecule has 0 saturated carbocycles. The zero-order chi connectivity index (χ0) is 10.4. The minimum atomic E-state index is -0.410. The smallest absolute Gasteiger partial charge is 0.269 e. The molecule has 0 bridgehead atoms. The van der Waals surface area contributed by atoms with Crippen LogP contribution in [0.5, 0.6) is 0 Å². The predicted octanol–water partition coefficient (Wildman–Crippen LogP) is 2.85. The first-order valence-corrected chi connectivity index (χ1v) is 4.48. The highest BCUT2D eigenvalue weighted by atomic mass is 35.5. The van der Waals surface area contributed by atoms with Crippen molar-refractivity contribution in [2.45, 2.75) is 13.3 Å². The number of benzene rings is 1. The number of aliphatic imine (C=N–C) groups is 1. The number of nitro groups is 1. The van der Waals surface area contributed by atoms with E-state index < -0.39 is 4.92 Å². The molecule has 5 heteroatoms. The predicted molar refractivity (Wildman–Crippen MR) is 63.1 cm³/mol. The van der Waals surface area contributed by atoms with Gasteiger partial charge < -0.3 is 0 Å². The zero-order valence-electron chi connectivity index (χ0n) is 8.42. The molecule has 0 aliphatic heterocycles. The van der Waals surface area contributed by atoms with Crippen LogP contribution in [0.4, 0.5) is 5.69 Å². The summed E-state index contributed by atoms with van der Waals surface area (Å²) in [4.78, 5) is 14.1. The fraction of sp³-hybridized carbons (Fsp3) is 0.300. The molecule has 0 aliphatic rings. The van der Waals surface area contributed by atoms with Crippen molar-refractivity contribution in [3.8, 4) is 0 Å². The Morgan fingerprint density at radius 1 is 1.40 bits per heavy atom. The fourth-order valence-electron chi connectivity index (χ4n) is 0.981. The van der Waals surface area contributed by atoms with Crippen molar-refractivity contribution in [1.29, 1.82) is 0 Å². The van der Waals surface area contributed by atoms with Gasteiger partial charge in [-0.15, -0.1) is 12.4 Å². The Kier molecular flexibility index (Phi) is 6.29. The Labute approximate surface area is 94.6 Å². The Bertz CT molecular complexity index is 336. The van der Waals surface area contributed by atoms with Crippen molar-refractivity contribution in [3.63, 3.8) is 0 Å². The lowest BCUT2D eigenvalue weighted by Crippen LogP contribution is -1.88. The molecule has 0 saturated heterocycles. The van der Waals surface area contributed by atoms with Crippen LogP contribution in [0.3, 0.4) is 0 Å². The SMILES string of the molecule is CCCN=Cc1ccc([N+](=O)[O-])cc1.Cl. The second kappa shape index (κ2) is 6.95. The number of non-ortho nitro benzene ring substituents is 1. The van der Waals surface area contributed by atoms with E-state index in [0.29, 0.717) is 0 Å². The van der Waals surface area contributed by atoms with Gasteiger partial charge >= 0.3 is 0 Å². The average molecular weight is 229 g/mol. The molecule has 0 radical (unpaired) electrons. The molecule has 0 N–H and O–H groups in total. The summed E-state index contributed by atoms with van der Waals surface area (Å²) in [6.07, 6.45) is 2.73. The number of nitrogens with zero attached hydrogens (tertiary/aromatic N) is 2. The largest absolute Gasteiger partial charge is 0.293 e. The maximum Gasteiger partial charge on any atom is 0.269 e. The lowest BCUT2D eigenvalue weighted by atomic mass is 10.2. The van der Waals surface area contributed by atoms with Gasteiger partial charge in [-0.3, -0.25) is 15.1 Å². The molecule has 0 heterocycles. The Balaban J connectivity index is 0.00000196. The normalized spacial score (nSPS) is 9.93. The van der Waals surface area contributed by atoms with E-state index in [9.17, 15) is 10.1 Å². The fourth-order valence-corrected chi connectivity index (χ4v) is 0.981. The van der Waals surface area contributed by atoms with Crippen LogP contribution in [0.25, 0.3) is 0 Å². The van der Waals surface area contributed by atoms with Crippen molar-refractivity contribution in [2.24, 2.45) is 4.99 Å². The van der Waals surface area contributed by atoms with Gasteiger partial charge in [0.25, 0.3) is 5.69 Å². The molecule has 0 unspecified atom stereocenters. The first kappa shape index (κ1) is 13.6. The molecule has 15 heavy (non-hydrogen) atoms. The minimum Gasteiger partial charge on any atom is -0.293 e. The van der Waals surface area contributed by atoms with E-state index in [2.05, 4.69) is 4.99 Å². The first-order valence-electron chi connectivity index (χ1n) is 4.48. The number of hydrogen-bond acceptors (Lipinski definition) is 3. The van der Waals surface area contributed by atoms with Gasteiger partial charge in [-0.2, -0.15) is 0 Å². The van der Waals surface area contributed by atoms with Gasteiger partial charge in [0.2, 0.25) is 0 Å². The van der Waals surface area contributed by atoms with Gasteiger partial charge in [0.05, 0.1) is 4.92 Å². The van der Waals surface area contributed by atoms with E-state index in [1.165, 1.54) is 12.1 Å². The summed E-state index contributed by atoms with van der Waals surface area (Å²) in [5, 5.41) is 10.3. The molecule has 0 aromatic heterocycles. The molecule has 1 aromatic carbocycles. The van der Waals surface area contributed by atoms with Crippen molar-refractivity contribution in [2.75, 3.05) is 6.54 Å². The van der Waals surface area contributed by atoms with E-state index in [1.807, 2.05) is 6.92 Å². The summed E-state index contributed by atoms with van der Waals surface area (Å²) in [7, 11) is 0. The third kappa shape index (κ3) is 4.56. The molecule has 0 fully saturated rings. The monoisotopic (exact) mass is 228 g/mol. The molecule has 1 rings (SSSR count). The van der Waals surface area contributed by atoms with E-state index >= 15 is 0 Å².